The molecule has 0 aromatic carbocycles. The molecule has 1 atom stereocenters. The molecule has 2 aromatic rings. The van der Waals surface area contributed by atoms with E-state index in [4.69, 9.17) is 11.6 Å². The van der Waals surface area contributed by atoms with Crippen LogP contribution in [-0.4, -0.2) is 9.97 Å². The Morgan fingerprint density at radius 2 is 2.06 bits per heavy atom. The number of thiophene rings is 1. The first kappa shape index (κ1) is 11.3. The predicted molar refractivity (Wildman–Crippen MR) is 63.4 cm³/mol. The second-order valence-corrected chi connectivity index (χ2v) is 4.98. The SMILES string of the molecule is CC(Nc1ncc(F)cn1)c1ccc(Cl)s1. The van der Waals surface area contributed by atoms with E-state index in [0.29, 0.717) is 5.95 Å². The van der Waals surface area contributed by atoms with Crippen molar-refractivity contribution in [2.24, 2.45) is 0 Å². The van der Waals surface area contributed by atoms with E-state index in [-0.39, 0.29) is 6.04 Å². The lowest BCUT2D eigenvalue weighted by molar-refractivity contribution is 0.613. The molecule has 0 radical (unpaired) electrons. The van der Waals surface area contributed by atoms with Gasteiger partial charge in [-0.05, 0) is 19.1 Å². The molecule has 0 aliphatic rings. The molecule has 6 heteroatoms. The summed E-state index contributed by atoms with van der Waals surface area (Å²) in [5.74, 6) is -0.0456. The van der Waals surface area contributed by atoms with Crippen LogP contribution in [0.25, 0.3) is 0 Å². The van der Waals surface area contributed by atoms with Gasteiger partial charge < -0.3 is 5.32 Å². The second-order valence-electron chi connectivity index (χ2n) is 3.23. The third-order valence-corrected chi connectivity index (χ3v) is 3.40. The van der Waals surface area contributed by atoms with E-state index in [0.717, 1.165) is 21.6 Å². The highest BCUT2D eigenvalue weighted by molar-refractivity contribution is 7.16. The molecule has 0 saturated heterocycles. The Labute approximate surface area is 101 Å². The maximum Gasteiger partial charge on any atom is 0.223 e. The quantitative estimate of drug-likeness (QED) is 0.914. The monoisotopic (exact) mass is 257 g/mol. The molecule has 1 unspecified atom stereocenters. The number of anilines is 1. The summed E-state index contributed by atoms with van der Waals surface area (Å²) in [5.41, 5.74) is 0. The standard InChI is InChI=1S/C10H9ClFN3S/c1-6(8-2-3-9(11)16-8)15-10-13-4-7(12)5-14-10/h2-6H,1H3,(H,13,14,15). The maximum absolute atomic E-state index is 12.6. The average molecular weight is 258 g/mol. The summed E-state index contributed by atoms with van der Waals surface area (Å²) in [7, 11) is 0. The smallest absolute Gasteiger partial charge is 0.223 e. The summed E-state index contributed by atoms with van der Waals surface area (Å²) in [6, 6.07) is 3.82. The van der Waals surface area contributed by atoms with E-state index in [1.807, 2.05) is 19.1 Å². The van der Waals surface area contributed by atoms with E-state index in [1.165, 1.54) is 11.3 Å². The fourth-order valence-corrected chi connectivity index (χ4v) is 2.28. The third-order valence-electron chi connectivity index (χ3n) is 1.99. The number of hydrogen-bond donors (Lipinski definition) is 1. The van der Waals surface area contributed by atoms with E-state index in [1.54, 1.807) is 0 Å². The fraction of sp³-hybridized carbons (Fsp3) is 0.200. The molecule has 2 aromatic heterocycles. The summed E-state index contributed by atoms with van der Waals surface area (Å²) in [5, 5.41) is 3.06. The zero-order valence-electron chi connectivity index (χ0n) is 8.45. The van der Waals surface area contributed by atoms with Gasteiger partial charge in [0.25, 0.3) is 0 Å². The largest absolute Gasteiger partial charge is 0.347 e. The molecule has 16 heavy (non-hydrogen) atoms. The van der Waals surface area contributed by atoms with Gasteiger partial charge >= 0.3 is 0 Å². The van der Waals surface area contributed by atoms with E-state index in [2.05, 4.69) is 15.3 Å². The van der Waals surface area contributed by atoms with Gasteiger partial charge in [0.2, 0.25) is 5.95 Å². The molecule has 0 aliphatic carbocycles. The molecule has 0 spiro atoms. The van der Waals surface area contributed by atoms with Gasteiger partial charge in [-0.3, -0.25) is 0 Å². The van der Waals surface area contributed by atoms with Gasteiger partial charge in [0.1, 0.15) is 0 Å². The highest BCUT2D eigenvalue weighted by atomic mass is 35.5. The molecule has 2 heterocycles. The highest BCUT2D eigenvalue weighted by Gasteiger charge is 2.09. The summed E-state index contributed by atoms with van der Waals surface area (Å²) in [6.07, 6.45) is 2.26. The first-order chi connectivity index (χ1) is 7.65. The Kier molecular flexibility index (Phi) is 3.36. The van der Waals surface area contributed by atoms with Crippen LogP contribution < -0.4 is 5.32 Å². The van der Waals surface area contributed by atoms with Crippen LogP contribution in [0, 0.1) is 5.82 Å². The van der Waals surface area contributed by atoms with Gasteiger partial charge in [-0.25, -0.2) is 14.4 Å². The van der Waals surface area contributed by atoms with E-state index in [9.17, 15) is 4.39 Å². The Hall–Kier alpha value is -1.20. The number of halogens is 2. The summed E-state index contributed by atoms with van der Waals surface area (Å²) < 4.78 is 13.3. The molecular formula is C10H9ClFN3S. The Bertz CT molecular complexity index is 471. The lowest BCUT2D eigenvalue weighted by atomic mass is 10.3. The molecular weight excluding hydrogens is 249 g/mol. The number of nitrogens with one attached hydrogen (secondary N) is 1. The van der Waals surface area contributed by atoms with Crippen molar-refractivity contribution in [3.05, 3.63) is 39.6 Å². The van der Waals surface area contributed by atoms with Crippen LogP contribution in [0.3, 0.4) is 0 Å². The van der Waals surface area contributed by atoms with Crippen LogP contribution in [-0.2, 0) is 0 Å². The number of rotatable bonds is 3. The normalized spacial score (nSPS) is 12.4. The molecule has 3 nitrogen and oxygen atoms in total. The number of hydrogen-bond acceptors (Lipinski definition) is 4. The van der Waals surface area contributed by atoms with Gasteiger partial charge in [0.15, 0.2) is 5.82 Å². The predicted octanol–water partition coefficient (Wildman–Crippen LogP) is 3.50. The summed E-state index contributed by atoms with van der Waals surface area (Å²) in [6.45, 7) is 1.97. The van der Waals surface area contributed by atoms with E-state index < -0.39 is 5.82 Å². The van der Waals surface area contributed by atoms with Crippen LogP contribution in [0.15, 0.2) is 24.5 Å². The molecule has 0 amide bonds. The van der Waals surface area contributed by atoms with Gasteiger partial charge in [0.05, 0.1) is 22.8 Å². The summed E-state index contributed by atoms with van der Waals surface area (Å²) in [4.78, 5) is 8.73. The van der Waals surface area contributed by atoms with Crippen molar-refractivity contribution in [1.82, 2.24) is 9.97 Å². The zero-order chi connectivity index (χ0) is 11.5. The maximum atomic E-state index is 12.6. The van der Waals surface area contributed by atoms with Gasteiger partial charge in [0, 0.05) is 4.88 Å². The van der Waals surface area contributed by atoms with Crippen molar-refractivity contribution in [3.8, 4) is 0 Å². The first-order valence-corrected chi connectivity index (χ1v) is 5.84. The number of nitrogens with zero attached hydrogens (tertiary/aromatic N) is 2. The molecule has 2 rings (SSSR count). The number of aromatic nitrogens is 2. The lowest BCUT2D eigenvalue weighted by Gasteiger charge is -2.11. The van der Waals surface area contributed by atoms with Gasteiger partial charge in [-0.2, -0.15) is 0 Å². The van der Waals surface area contributed by atoms with Crippen molar-refractivity contribution in [2.75, 3.05) is 5.32 Å². The Morgan fingerprint density at radius 3 is 2.62 bits per heavy atom. The topological polar surface area (TPSA) is 37.8 Å². The van der Waals surface area contributed by atoms with Crippen molar-refractivity contribution < 1.29 is 4.39 Å². The van der Waals surface area contributed by atoms with Gasteiger partial charge in [-0.15, -0.1) is 11.3 Å². The molecule has 84 valence electrons. The Morgan fingerprint density at radius 1 is 1.38 bits per heavy atom. The molecule has 0 aliphatic heterocycles. The minimum Gasteiger partial charge on any atom is -0.347 e. The molecule has 1 N–H and O–H groups in total. The van der Waals surface area contributed by atoms with Crippen molar-refractivity contribution in [1.29, 1.82) is 0 Å². The fourth-order valence-electron chi connectivity index (χ4n) is 1.21. The zero-order valence-corrected chi connectivity index (χ0v) is 10.0. The van der Waals surface area contributed by atoms with Crippen LogP contribution in [0.2, 0.25) is 4.34 Å². The molecule has 0 bridgehead atoms. The minimum absolute atomic E-state index is 0.0444. The minimum atomic E-state index is -0.447. The molecule has 0 saturated carbocycles. The van der Waals surface area contributed by atoms with E-state index >= 15 is 0 Å². The van der Waals surface area contributed by atoms with Gasteiger partial charge in [-0.1, -0.05) is 11.6 Å². The highest BCUT2D eigenvalue weighted by Crippen LogP contribution is 2.28. The lowest BCUT2D eigenvalue weighted by Crippen LogP contribution is -2.07. The van der Waals surface area contributed by atoms with Crippen molar-refractivity contribution >= 4 is 28.9 Å². The third kappa shape index (κ3) is 2.68. The average Bonchev–Trinajstić information content (AvgIpc) is 2.68. The van der Waals surface area contributed by atoms with Crippen molar-refractivity contribution in [3.63, 3.8) is 0 Å². The Balaban J connectivity index is 2.07. The second kappa shape index (κ2) is 4.76. The van der Waals surface area contributed by atoms with Crippen LogP contribution in [0.1, 0.15) is 17.8 Å². The van der Waals surface area contributed by atoms with Crippen LogP contribution in [0.5, 0.6) is 0 Å². The summed E-state index contributed by atoms with van der Waals surface area (Å²) >= 11 is 7.33. The van der Waals surface area contributed by atoms with Crippen molar-refractivity contribution in [2.45, 2.75) is 13.0 Å². The van der Waals surface area contributed by atoms with Crippen LogP contribution in [0.4, 0.5) is 10.3 Å². The van der Waals surface area contributed by atoms with Crippen LogP contribution >= 0.6 is 22.9 Å². The first-order valence-electron chi connectivity index (χ1n) is 4.64. The molecule has 0 fully saturated rings.